The van der Waals surface area contributed by atoms with Crippen LogP contribution >= 0.6 is 0 Å². The molecule has 0 N–H and O–H groups in total. The molecule has 0 aliphatic heterocycles. The van der Waals surface area contributed by atoms with Crippen LogP contribution < -0.4 is 0 Å². The van der Waals surface area contributed by atoms with E-state index in [0.29, 0.717) is 0 Å². The zero-order chi connectivity index (χ0) is 13.7. The molecule has 19 heavy (non-hydrogen) atoms. The molecule has 108 valence electrons. The van der Waals surface area contributed by atoms with Crippen molar-refractivity contribution >= 4 is 12.3 Å². The Kier molecular flexibility index (Phi) is 5.59. The molecule has 0 atom stereocenters. The summed E-state index contributed by atoms with van der Waals surface area (Å²) in [6, 6.07) is 0. The summed E-state index contributed by atoms with van der Waals surface area (Å²) in [5.41, 5.74) is 0. The lowest BCUT2D eigenvalue weighted by molar-refractivity contribution is -0.380. The molecule has 0 aromatic heterocycles. The molecule has 2 aliphatic rings. The summed E-state index contributed by atoms with van der Waals surface area (Å²) < 4.78 is 5.16. The van der Waals surface area contributed by atoms with E-state index in [-0.39, 0.29) is 11.9 Å². The van der Waals surface area contributed by atoms with Crippen LogP contribution in [0.1, 0.15) is 71.6 Å². The molecule has 0 saturated heterocycles. The Balaban J connectivity index is 1.76. The highest BCUT2D eigenvalue weighted by Crippen LogP contribution is 2.41. The monoisotopic (exact) mass is 265 g/mol. The van der Waals surface area contributed by atoms with Gasteiger partial charge in [-0.05, 0) is 56.3 Å². The number of rotatable bonds is 3. The van der Waals surface area contributed by atoms with Crippen LogP contribution in [0.5, 0.6) is 0 Å². The van der Waals surface area contributed by atoms with Crippen molar-refractivity contribution in [1.29, 1.82) is 0 Å². The lowest BCUT2D eigenvalue weighted by Crippen LogP contribution is -2.28. The van der Waals surface area contributed by atoms with E-state index in [1.54, 1.807) is 6.29 Å². The van der Waals surface area contributed by atoms with Crippen LogP contribution in [0.4, 0.5) is 0 Å². The molecule has 2 fully saturated rings. The average Bonchev–Trinajstić information content (AvgIpc) is 2.46. The first kappa shape index (κ1) is 14.7. The largest absolute Gasteiger partial charge is 0.582 e. The molecule has 0 radical (unpaired) electrons. The van der Waals surface area contributed by atoms with E-state index in [0.717, 1.165) is 37.0 Å². The van der Waals surface area contributed by atoms with Crippen molar-refractivity contribution in [3.8, 4) is 0 Å². The van der Waals surface area contributed by atoms with Crippen LogP contribution in [0.3, 0.4) is 0 Å². The van der Waals surface area contributed by atoms with Gasteiger partial charge in [-0.2, -0.15) is 0 Å². The second kappa shape index (κ2) is 7.21. The van der Waals surface area contributed by atoms with Crippen molar-refractivity contribution < 1.29 is 9.22 Å². The van der Waals surface area contributed by atoms with Gasteiger partial charge in [0, 0.05) is 11.2 Å². The topological polar surface area (TPSA) is 28.4 Å². The van der Waals surface area contributed by atoms with Gasteiger partial charge in [0.05, 0.1) is 0 Å². The van der Waals surface area contributed by atoms with E-state index >= 15 is 0 Å². The number of hydrogen-bond acceptors (Lipinski definition) is 1. The standard InChI is InChI=1S/C17H29O2/c1-3-12-19-17(18)16-10-8-15(9-11-16)14-6-4-13(2)5-7-14/h12-16H,3-11H2,1-2H3/q+1. The first-order valence-corrected chi connectivity index (χ1v) is 8.22. The molecular formula is C17H29O2+. The lowest BCUT2D eigenvalue weighted by atomic mass is 9.69. The zero-order valence-electron chi connectivity index (χ0n) is 12.6. The fourth-order valence-electron chi connectivity index (χ4n) is 3.85. The SMILES string of the molecule is CCC=[O+]C(=O)C1CCC(C2CCC(C)CC2)CC1. The highest BCUT2D eigenvalue weighted by Gasteiger charge is 2.36. The Labute approximate surface area is 117 Å². The molecule has 2 nitrogen and oxygen atoms in total. The third-order valence-electron chi connectivity index (χ3n) is 5.20. The first-order chi connectivity index (χ1) is 9.20. The number of carbonyl (C=O) groups is 1. The molecule has 2 rings (SSSR count). The van der Waals surface area contributed by atoms with Crippen LogP contribution in [0, 0.1) is 23.7 Å². The quantitative estimate of drug-likeness (QED) is 0.552. The first-order valence-electron chi connectivity index (χ1n) is 8.22. The zero-order valence-corrected chi connectivity index (χ0v) is 12.6. The van der Waals surface area contributed by atoms with Gasteiger partial charge in [0.15, 0.2) is 6.29 Å². The van der Waals surface area contributed by atoms with Crippen LogP contribution in [0.25, 0.3) is 0 Å². The second-order valence-electron chi connectivity index (χ2n) is 6.64. The van der Waals surface area contributed by atoms with Gasteiger partial charge in [0.1, 0.15) is 5.92 Å². The maximum absolute atomic E-state index is 11.8. The van der Waals surface area contributed by atoms with Gasteiger partial charge >= 0.3 is 5.97 Å². The van der Waals surface area contributed by atoms with E-state index < -0.39 is 0 Å². The van der Waals surface area contributed by atoms with Gasteiger partial charge in [-0.25, -0.2) is 0 Å². The van der Waals surface area contributed by atoms with Crippen LogP contribution in [0.15, 0.2) is 0 Å². The van der Waals surface area contributed by atoms with Gasteiger partial charge in [-0.1, -0.05) is 26.7 Å². The normalized spacial score (nSPS) is 36.5. The number of carbonyl (C=O) groups excluding carboxylic acids is 2. The highest BCUT2D eigenvalue weighted by atomic mass is 16.4. The molecule has 0 amide bonds. The molecule has 2 aliphatic carbocycles. The summed E-state index contributed by atoms with van der Waals surface area (Å²) in [4.78, 5) is 11.8. The van der Waals surface area contributed by atoms with Gasteiger partial charge in [-0.15, -0.1) is 0 Å². The number of hydrogen-bond donors (Lipinski definition) is 0. The Hall–Kier alpha value is -0.660. The molecule has 0 spiro atoms. The van der Waals surface area contributed by atoms with E-state index in [1.165, 1.54) is 38.5 Å². The van der Waals surface area contributed by atoms with Crippen molar-refractivity contribution in [2.45, 2.75) is 71.6 Å². The van der Waals surface area contributed by atoms with Crippen LogP contribution in [0.2, 0.25) is 0 Å². The summed E-state index contributed by atoms with van der Waals surface area (Å²) in [5.74, 6) is 2.94. The molecule has 0 aromatic carbocycles. The fourth-order valence-corrected chi connectivity index (χ4v) is 3.85. The third kappa shape index (κ3) is 4.15. The third-order valence-corrected chi connectivity index (χ3v) is 5.20. The van der Waals surface area contributed by atoms with Crippen molar-refractivity contribution in [2.75, 3.05) is 0 Å². The van der Waals surface area contributed by atoms with Gasteiger partial charge < -0.3 is 0 Å². The van der Waals surface area contributed by atoms with E-state index in [2.05, 4.69) is 6.92 Å². The predicted octanol–water partition coefficient (Wildman–Crippen LogP) is 4.29. The molecule has 2 heteroatoms. The summed E-state index contributed by atoms with van der Waals surface area (Å²) in [6.07, 6.45) is 12.7. The Bertz CT molecular complexity index is 305. The van der Waals surface area contributed by atoms with Crippen molar-refractivity contribution in [3.05, 3.63) is 0 Å². The Morgan fingerprint density at radius 1 is 1.00 bits per heavy atom. The average molecular weight is 265 g/mol. The minimum absolute atomic E-state index is 0.0116. The maximum Gasteiger partial charge on any atom is 0.582 e. The highest BCUT2D eigenvalue weighted by molar-refractivity contribution is 5.72. The van der Waals surface area contributed by atoms with E-state index in [1.807, 2.05) is 6.92 Å². The summed E-state index contributed by atoms with van der Waals surface area (Å²) in [5, 5.41) is 0. The Morgan fingerprint density at radius 2 is 1.53 bits per heavy atom. The van der Waals surface area contributed by atoms with E-state index in [4.69, 9.17) is 4.42 Å². The van der Waals surface area contributed by atoms with Crippen LogP contribution in [-0.4, -0.2) is 12.3 Å². The number of aldehydes is 1. The molecular weight excluding hydrogens is 236 g/mol. The minimum Gasteiger partial charge on any atom is -0.285 e. The van der Waals surface area contributed by atoms with Gasteiger partial charge in [0.25, 0.3) is 0 Å². The summed E-state index contributed by atoms with van der Waals surface area (Å²) >= 11 is 0. The summed E-state index contributed by atoms with van der Waals surface area (Å²) in [6.45, 7) is 4.38. The molecule has 0 aromatic rings. The minimum atomic E-state index is 0.0116. The van der Waals surface area contributed by atoms with Crippen molar-refractivity contribution in [2.24, 2.45) is 23.7 Å². The fraction of sp³-hybridized carbons (Fsp3) is 0.882. The molecule has 0 bridgehead atoms. The smallest absolute Gasteiger partial charge is 0.285 e. The van der Waals surface area contributed by atoms with Gasteiger partial charge in [0.2, 0.25) is 0 Å². The Morgan fingerprint density at radius 3 is 2.05 bits per heavy atom. The van der Waals surface area contributed by atoms with E-state index in [9.17, 15) is 4.79 Å². The predicted molar refractivity (Wildman–Crippen MR) is 77.9 cm³/mol. The molecule has 0 unspecified atom stereocenters. The second-order valence-corrected chi connectivity index (χ2v) is 6.64. The van der Waals surface area contributed by atoms with Crippen molar-refractivity contribution in [1.82, 2.24) is 0 Å². The molecule has 0 heterocycles. The van der Waals surface area contributed by atoms with Crippen LogP contribution in [-0.2, 0) is 9.22 Å². The molecule has 2 saturated carbocycles. The van der Waals surface area contributed by atoms with Crippen molar-refractivity contribution in [3.63, 3.8) is 0 Å². The van der Waals surface area contributed by atoms with Gasteiger partial charge in [-0.3, -0.25) is 4.42 Å². The summed E-state index contributed by atoms with van der Waals surface area (Å²) in [7, 11) is 0. The maximum atomic E-state index is 11.8. The lowest BCUT2D eigenvalue weighted by Gasteiger charge is -2.35.